The Morgan fingerprint density at radius 3 is 2.50 bits per heavy atom. The molecule has 1 unspecified atom stereocenters. The van der Waals surface area contributed by atoms with Gasteiger partial charge in [0.25, 0.3) is 5.56 Å². The van der Waals surface area contributed by atoms with Gasteiger partial charge in [-0.3, -0.25) is 9.36 Å². The third kappa shape index (κ3) is 4.36. The van der Waals surface area contributed by atoms with E-state index in [-0.39, 0.29) is 5.56 Å². The summed E-state index contributed by atoms with van der Waals surface area (Å²) in [5, 5.41) is 4.21. The highest BCUT2D eigenvalue weighted by molar-refractivity contribution is 7.98. The number of hydrogen-bond acceptors (Lipinski definition) is 3. The number of halogens is 1. The number of hydrogen-bond donors (Lipinski definition) is 0. The second kappa shape index (κ2) is 9.65. The molecule has 0 saturated heterocycles. The van der Waals surface area contributed by atoms with Crippen LogP contribution in [0.1, 0.15) is 37.3 Å². The summed E-state index contributed by atoms with van der Waals surface area (Å²) in [5.41, 5.74) is 3.83. The van der Waals surface area contributed by atoms with Crippen molar-refractivity contribution in [3.63, 3.8) is 0 Å². The maximum Gasteiger partial charge on any atom is 0.266 e. The largest absolute Gasteiger partial charge is 0.268 e. The van der Waals surface area contributed by atoms with Crippen LogP contribution in [0.15, 0.2) is 94.9 Å². The van der Waals surface area contributed by atoms with E-state index in [1.54, 1.807) is 34.5 Å². The van der Waals surface area contributed by atoms with Crippen molar-refractivity contribution < 1.29 is 0 Å². The molecule has 0 aliphatic heterocycles. The minimum absolute atomic E-state index is 0.0848. The summed E-state index contributed by atoms with van der Waals surface area (Å²) in [6.07, 6.45) is 1.07. The lowest BCUT2D eigenvalue weighted by Gasteiger charge is -2.15. The Morgan fingerprint density at radius 2 is 1.71 bits per heavy atom. The van der Waals surface area contributed by atoms with Gasteiger partial charge in [0.05, 0.1) is 16.6 Å². The molecule has 170 valence electrons. The number of fused-ring (bicyclic) bond motifs is 2. The van der Waals surface area contributed by atoms with Crippen molar-refractivity contribution in [2.24, 2.45) is 0 Å². The van der Waals surface area contributed by atoms with Crippen LogP contribution in [0.3, 0.4) is 0 Å². The maximum atomic E-state index is 13.6. The summed E-state index contributed by atoms with van der Waals surface area (Å²) in [7, 11) is 0. The molecule has 5 aromatic rings. The molecule has 1 atom stereocenters. The van der Waals surface area contributed by atoms with Crippen LogP contribution in [-0.4, -0.2) is 9.55 Å². The van der Waals surface area contributed by atoms with Crippen molar-refractivity contribution in [3.05, 3.63) is 111 Å². The number of nitrogens with zero attached hydrogens (tertiary/aromatic N) is 2. The Labute approximate surface area is 208 Å². The molecular formula is C29H25ClN2OS. The quantitative estimate of drug-likeness (QED) is 0.181. The fourth-order valence-electron chi connectivity index (χ4n) is 4.21. The highest BCUT2D eigenvalue weighted by Crippen LogP contribution is 2.29. The summed E-state index contributed by atoms with van der Waals surface area (Å²) in [6.45, 7) is 4.40. The highest BCUT2D eigenvalue weighted by atomic mass is 35.5. The first-order valence-electron chi connectivity index (χ1n) is 11.5. The first-order valence-corrected chi connectivity index (χ1v) is 12.8. The SMILES string of the molecule is CCC(C)c1ccc(-n2c(SCc3cccc4ccccc34)nc3cc(Cl)ccc3c2=O)cc1. The van der Waals surface area contributed by atoms with Crippen molar-refractivity contribution in [3.8, 4) is 5.69 Å². The third-order valence-corrected chi connectivity index (χ3v) is 7.59. The molecule has 0 amide bonds. The maximum absolute atomic E-state index is 13.6. The smallest absolute Gasteiger partial charge is 0.266 e. The van der Waals surface area contributed by atoms with Crippen LogP contribution in [0, 0.1) is 0 Å². The van der Waals surface area contributed by atoms with Crippen LogP contribution >= 0.6 is 23.4 Å². The van der Waals surface area contributed by atoms with Gasteiger partial charge < -0.3 is 0 Å². The van der Waals surface area contributed by atoms with Gasteiger partial charge >= 0.3 is 0 Å². The Hall–Kier alpha value is -3.08. The van der Waals surface area contributed by atoms with Gasteiger partial charge in [-0.25, -0.2) is 4.98 Å². The lowest BCUT2D eigenvalue weighted by atomic mass is 9.98. The summed E-state index contributed by atoms with van der Waals surface area (Å²) >= 11 is 7.79. The topological polar surface area (TPSA) is 34.9 Å². The molecule has 0 saturated carbocycles. The highest BCUT2D eigenvalue weighted by Gasteiger charge is 2.15. The monoisotopic (exact) mass is 484 g/mol. The second-order valence-corrected chi connectivity index (χ2v) is 9.90. The molecule has 1 aromatic heterocycles. The van der Waals surface area contributed by atoms with Crippen molar-refractivity contribution in [1.82, 2.24) is 9.55 Å². The zero-order valence-electron chi connectivity index (χ0n) is 19.2. The molecule has 0 bridgehead atoms. The Balaban J connectivity index is 1.61. The van der Waals surface area contributed by atoms with E-state index in [1.807, 2.05) is 12.1 Å². The van der Waals surface area contributed by atoms with E-state index in [1.165, 1.54) is 21.9 Å². The Bertz CT molecular complexity index is 1540. The first-order chi connectivity index (χ1) is 16.5. The molecular weight excluding hydrogens is 460 g/mol. The van der Waals surface area contributed by atoms with Crippen LogP contribution in [0.5, 0.6) is 0 Å². The van der Waals surface area contributed by atoms with Crippen LogP contribution in [0.25, 0.3) is 27.4 Å². The summed E-state index contributed by atoms with van der Waals surface area (Å²) in [6, 6.07) is 28.2. The van der Waals surface area contributed by atoms with Crippen LogP contribution in [-0.2, 0) is 5.75 Å². The van der Waals surface area contributed by atoms with E-state index < -0.39 is 0 Å². The standard InChI is InChI=1S/C29H25ClN2OS/c1-3-19(2)20-11-14-24(15-12-20)32-28(33)26-16-13-23(30)17-27(26)31-29(32)34-18-22-9-6-8-21-7-4-5-10-25(21)22/h4-17,19H,3,18H2,1-2H3. The van der Waals surface area contributed by atoms with Crippen LogP contribution in [0.2, 0.25) is 5.02 Å². The van der Waals surface area contributed by atoms with E-state index in [2.05, 4.69) is 68.4 Å². The van der Waals surface area contributed by atoms with Gasteiger partial charge in [0.2, 0.25) is 0 Å². The average Bonchev–Trinajstić information content (AvgIpc) is 2.87. The molecule has 1 heterocycles. The molecule has 4 aromatic carbocycles. The predicted octanol–water partition coefficient (Wildman–Crippen LogP) is 8.00. The van der Waals surface area contributed by atoms with E-state index in [4.69, 9.17) is 16.6 Å². The molecule has 5 heteroatoms. The van der Waals surface area contributed by atoms with E-state index in [0.717, 1.165) is 12.1 Å². The lowest BCUT2D eigenvalue weighted by molar-refractivity contribution is 0.732. The van der Waals surface area contributed by atoms with E-state index in [0.29, 0.717) is 32.8 Å². The van der Waals surface area contributed by atoms with Gasteiger partial charge in [-0.2, -0.15) is 0 Å². The summed E-state index contributed by atoms with van der Waals surface area (Å²) in [4.78, 5) is 18.5. The number of aromatic nitrogens is 2. The van der Waals surface area contributed by atoms with Crippen molar-refractivity contribution in [2.45, 2.75) is 37.1 Å². The van der Waals surface area contributed by atoms with Crippen LogP contribution in [0.4, 0.5) is 0 Å². The fraction of sp³-hybridized carbons (Fsp3) is 0.172. The van der Waals surface area contributed by atoms with Gasteiger partial charge in [0.1, 0.15) is 0 Å². The zero-order chi connectivity index (χ0) is 23.7. The van der Waals surface area contributed by atoms with Crippen molar-refractivity contribution in [2.75, 3.05) is 0 Å². The van der Waals surface area contributed by atoms with Gasteiger partial charge in [0, 0.05) is 10.8 Å². The van der Waals surface area contributed by atoms with E-state index >= 15 is 0 Å². The number of rotatable bonds is 6. The third-order valence-electron chi connectivity index (χ3n) is 6.37. The molecule has 0 aliphatic rings. The second-order valence-electron chi connectivity index (χ2n) is 8.52. The summed E-state index contributed by atoms with van der Waals surface area (Å²) < 4.78 is 1.73. The number of benzene rings is 4. The molecule has 0 aliphatic carbocycles. The van der Waals surface area contributed by atoms with Gasteiger partial charge in [-0.05, 0) is 64.6 Å². The minimum Gasteiger partial charge on any atom is -0.268 e. The van der Waals surface area contributed by atoms with Crippen molar-refractivity contribution >= 4 is 45.0 Å². The Morgan fingerprint density at radius 1 is 0.941 bits per heavy atom. The molecule has 3 nitrogen and oxygen atoms in total. The van der Waals surface area contributed by atoms with Gasteiger partial charge in [-0.15, -0.1) is 0 Å². The predicted molar refractivity (Wildman–Crippen MR) is 145 cm³/mol. The van der Waals surface area contributed by atoms with Crippen LogP contribution < -0.4 is 5.56 Å². The van der Waals surface area contributed by atoms with Gasteiger partial charge in [-0.1, -0.05) is 91.8 Å². The van der Waals surface area contributed by atoms with E-state index in [9.17, 15) is 4.79 Å². The fourth-order valence-corrected chi connectivity index (χ4v) is 5.39. The minimum atomic E-state index is -0.0848. The summed E-state index contributed by atoms with van der Waals surface area (Å²) in [5.74, 6) is 1.17. The normalized spacial score (nSPS) is 12.3. The molecule has 0 radical (unpaired) electrons. The molecule has 0 spiro atoms. The first kappa shape index (κ1) is 22.7. The lowest BCUT2D eigenvalue weighted by Crippen LogP contribution is -2.21. The zero-order valence-corrected chi connectivity index (χ0v) is 20.7. The number of thioether (sulfide) groups is 1. The van der Waals surface area contributed by atoms with Gasteiger partial charge in [0.15, 0.2) is 5.16 Å². The molecule has 0 fully saturated rings. The molecule has 0 N–H and O–H groups in total. The Kier molecular flexibility index (Phi) is 6.44. The molecule has 34 heavy (non-hydrogen) atoms. The average molecular weight is 485 g/mol. The molecule has 5 rings (SSSR count). The van der Waals surface area contributed by atoms with Crippen molar-refractivity contribution in [1.29, 1.82) is 0 Å².